The molecule has 0 bridgehead atoms. The Morgan fingerprint density at radius 1 is 1.15 bits per heavy atom. The van der Waals surface area contributed by atoms with Crippen molar-refractivity contribution < 1.29 is 4.79 Å². The van der Waals surface area contributed by atoms with E-state index in [9.17, 15) is 4.79 Å². The molecule has 0 aliphatic rings. The summed E-state index contributed by atoms with van der Waals surface area (Å²) in [6.07, 6.45) is 1.40. The first-order valence-electron chi connectivity index (χ1n) is 7.87. The molecule has 0 saturated carbocycles. The molecule has 130 valence electrons. The van der Waals surface area contributed by atoms with Gasteiger partial charge in [0.1, 0.15) is 5.71 Å². The Labute approximate surface area is 155 Å². The number of carbonyl (C=O) groups is 1. The number of H-pyrrole nitrogens is 1. The maximum atomic E-state index is 12.7. The third-order valence-electron chi connectivity index (χ3n) is 3.43. The van der Waals surface area contributed by atoms with Gasteiger partial charge in [-0.2, -0.15) is 10.2 Å². The fourth-order valence-corrected chi connectivity index (χ4v) is 2.25. The minimum Gasteiger partial charge on any atom is -0.287 e. The number of Topliss-reactive ketones (excluding diaryl/α,β-unsaturated/α-hetero) is 1. The van der Waals surface area contributed by atoms with Gasteiger partial charge in [0, 0.05) is 22.3 Å². The fourth-order valence-electron chi connectivity index (χ4n) is 2.12. The molecule has 6 nitrogen and oxygen atoms in total. The van der Waals surface area contributed by atoms with Gasteiger partial charge >= 0.3 is 0 Å². The van der Waals surface area contributed by atoms with E-state index >= 15 is 0 Å². The Kier molecular flexibility index (Phi) is 5.56. The van der Waals surface area contributed by atoms with Crippen LogP contribution in [0, 0.1) is 6.92 Å². The summed E-state index contributed by atoms with van der Waals surface area (Å²) in [5.41, 5.74) is 5.12. The van der Waals surface area contributed by atoms with Gasteiger partial charge in [-0.15, -0.1) is 0 Å². The van der Waals surface area contributed by atoms with Crippen molar-refractivity contribution >= 4 is 40.8 Å². The Bertz CT molecular complexity index is 946. The molecule has 0 aliphatic carbocycles. The van der Waals surface area contributed by atoms with Crippen molar-refractivity contribution in [2.45, 2.75) is 6.92 Å². The van der Waals surface area contributed by atoms with Crippen molar-refractivity contribution in [2.24, 2.45) is 10.1 Å². The van der Waals surface area contributed by atoms with E-state index in [0.717, 1.165) is 5.69 Å². The van der Waals surface area contributed by atoms with Crippen LogP contribution < -0.4 is 5.43 Å². The molecule has 0 amide bonds. The van der Waals surface area contributed by atoms with Crippen LogP contribution in [0.25, 0.3) is 0 Å². The number of anilines is 1. The van der Waals surface area contributed by atoms with Gasteiger partial charge in [-0.3, -0.25) is 15.3 Å². The average molecular weight is 366 g/mol. The van der Waals surface area contributed by atoms with Crippen molar-refractivity contribution in [3.05, 3.63) is 76.9 Å². The third-order valence-corrected chi connectivity index (χ3v) is 3.68. The molecule has 7 heteroatoms. The van der Waals surface area contributed by atoms with Gasteiger partial charge in [-0.1, -0.05) is 41.9 Å². The summed E-state index contributed by atoms with van der Waals surface area (Å²) >= 11 is 5.88. The molecular formula is C19H16ClN5O. The summed E-state index contributed by atoms with van der Waals surface area (Å²) in [4.78, 5) is 17.0. The highest BCUT2D eigenvalue weighted by Gasteiger charge is 2.12. The quantitative estimate of drug-likeness (QED) is 0.385. The number of nitrogens with zero attached hydrogens (tertiary/aromatic N) is 3. The van der Waals surface area contributed by atoms with E-state index in [1.165, 1.54) is 6.21 Å². The normalized spacial score (nSPS) is 11.7. The van der Waals surface area contributed by atoms with Crippen LogP contribution in [-0.4, -0.2) is 27.9 Å². The van der Waals surface area contributed by atoms with Crippen LogP contribution >= 0.6 is 11.6 Å². The smallest absolute Gasteiger partial charge is 0.214 e. The highest BCUT2D eigenvalue weighted by atomic mass is 35.5. The predicted octanol–water partition coefficient (Wildman–Crippen LogP) is 4.42. The SMILES string of the molecule is Cc1cc(N=C/C(=N/Nc2ccc(Cl)cc2)C(=O)c2ccccc2)n[nH]1. The number of benzene rings is 2. The zero-order valence-electron chi connectivity index (χ0n) is 14.0. The summed E-state index contributed by atoms with van der Waals surface area (Å²) in [7, 11) is 0. The topological polar surface area (TPSA) is 82.5 Å². The first-order valence-corrected chi connectivity index (χ1v) is 8.25. The molecule has 0 aliphatic heterocycles. The van der Waals surface area contributed by atoms with E-state index in [4.69, 9.17) is 11.6 Å². The van der Waals surface area contributed by atoms with Crippen molar-refractivity contribution in [3.8, 4) is 0 Å². The zero-order valence-corrected chi connectivity index (χ0v) is 14.7. The molecule has 0 saturated heterocycles. The van der Waals surface area contributed by atoms with E-state index in [2.05, 4.69) is 25.7 Å². The minimum atomic E-state index is -0.247. The number of aliphatic imine (C=N–C) groups is 1. The second kappa shape index (κ2) is 8.22. The Hall–Kier alpha value is -3.25. The molecule has 3 rings (SSSR count). The molecule has 0 fully saturated rings. The Morgan fingerprint density at radius 3 is 2.54 bits per heavy atom. The highest BCUT2D eigenvalue weighted by Crippen LogP contribution is 2.14. The van der Waals surface area contributed by atoms with Gasteiger partial charge in [0.25, 0.3) is 0 Å². The van der Waals surface area contributed by atoms with Gasteiger partial charge in [0.15, 0.2) is 5.82 Å². The number of carbonyl (C=O) groups excluding carboxylic acids is 1. The van der Waals surface area contributed by atoms with E-state index in [0.29, 0.717) is 22.1 Å². The molecule has 0 spiro atoms. The Morgan fingerprint density at radius 2 is 1.88 bits per heavy atom. The van der Waals surface area contributed by atoms with Crippen LogP contribution in [0.5, 0.6) is 0 Å². The summed E-state index contributed by atoms with van der Waals surface area (Å²) in [6, 6.07) is 17.7. The number of aryl methyl sites for hydroxylation is 1. The van der Waals surface area contributed by atoms with E-state index in [-0.39, 0.29) is 11.5 Å². The number of hydrazone groups is 1. The first-order chi connectivity index (χ1) is 12.6. The van der Waals surface area contributed by atoms with Crippen molar-refractivity contribution in [2.75, 3.05) is 5.43 Å². The lowest BCUT2D eigenvalue weighted by atomic mass is 10.1. The van der Waals surface area contributed by atoms with Gasteiger partial charge in [0.05, 0.1) is 11.9 Å². The van der Waals surface area contributed by atoms with Crippen LogP contribution in [-0.2, 0) is 0 Å². The van der Waals surface area contributed by atoms with Gasteiger partial charge in [0.2, 0.25) is 5.78 Å². The molecular weight excluding hydrogens is 350 g/mol. The summed E-state index contributed by atoms with van der Waals surface area (Å²) < 4.78 is 0. The van der Waals surface area contributed by atoms with Crippen molar-refractivity contribution in [1.82, 2.24) is 10.2 Å². The number of aromatic nitrogens is 2. The monoisotopic (exact) mass is 365 g/mol. The highest BCUT2D eigenvalue weighted by molar-refractivity contribution is 6.65. The number of rotatable bonds is 6. The summed E-state index contributed by atoms with van der Waals surface area (Å²) in [5, 5.41) is 11.7. The first kappa shape index (κ1) is 17.6. The number of aromatic amines is 1. The largest absolute Gasteiger partial charge is 0.287 e. The third kappa shape index (κ3) is 4.64. The van der Waals surface area contributed by atoms with E-state index in [1.807, 2.05) is 13.0 Å². The molecule has 0 atom stereocenters. The molecule has 2 N–H and O–H groups in total. The van der Waals surface area contributed by atoms with Crippen LogP contribution in [0.4, 0.5) is 11.5 Å². The maximum Gasteiger partial charge on any atom is 0.214 e. The van der Waals surface area contributed by atoms with E-state index in [1.54, 1.807) is 54.6 Å². The molecule has 0 unspecified atom stereocenters. The zero-order chi connectivity index (χ0) is 18.4. The standard InChI is InChI=1S/C19H16ClN5O/c1-13-11-18(25-22-13)21-12-17(19(26)14-5-3-2-4-6-14)24-23-16-9-7-15(20)8-10-16/h2-12,23H,1H3,(H,22,25)/b21-12?,24-17-. The number of halogens is 1. The number of hydrogen-bond acceptors (Lipinski definition) is 5. The molecule has 3 aromatic rings. The average Bonchev–Trinajstić information content (AvgIpc) is 3.08. The summed E-state index contributed by atoms with van der Waals surface area (Å²) in [6.45, 7) is 1.87. The Balaban J connectivity index is 1.87. The molecule has 26 heavy (non-hydrogen) atoms. The van der Waals surface area contributed by atoms with Crippen LogP contribution in [0.2, 0.25) is 5.02 Å². The van der Waals surface area contributed by atoms with Crippen LogP contribution in [0.1, 0.15) is 16.1 Å². The van der Waals surface area contributed by atoms with E-state index < -0.39 is 0 Å². The van der Waals surface area contributed by atoms with Gasteiger partial charge in [-0.05, 0) is 31.2 Å². The van der Waals surface area contributed by atoms with Crippen molar-refractivity contribution in [3.63, 3.8) is 0 Å². The summed E-state index contributed by atoms with van der Waals surface area (Å²) in [5.74, 6) is 0.227. The molecule has 0 radical (unpaired) electrons. The maximum absolute atomic E-state index is 12.7. The lowest BCUT2D eigenvalue weighted by Crippen LogP contribution is -2.17. The molecule has 1 heterocycles. The second-order valence-corrected chi connectivity index (χ2v) is 5.91. The predicted molar refractivity (Wildman–Crippen MR) is 105 cm³/mol. The number of hydrogen-bond donors (Lipinski definition) is 2. The lowest BCUT2D eigenvalue weighted by Gasteiger charge is -2.04. The fraction of sp³-hybridized carbons (Fsp3) is 0.0526. The van der Waals surface area contributed by atoms with Crippen LogP contribution in [0.15, 0.2) is 70.8 Å². The number of ketones is 1. The number of nitrogens with one attached hydrogen (secondary N) is 2. The minimum absolute atomic E-state index is 0.159. The lowest BCUT2D eigenvalue weighted by molar-refractivity contribution is 0.106. The molecule has 2 aromatic carbocycles. The van der Waals surface area contributed by atoms with Crippen LogP contribution in [0.3, 0.4) is 0 Å². The van der Waals surface area contributed by atoms with Crippen molar-refractivity contribution in [1.29, 1.82) is 0 Å². The van der Waals surface area contributed by atoms with Gasteiger partial charge in [-0.25, -0.2) is 4.99 Å². The molecule has 1 aromatic heterocycles. The van der Waals surface area contributed by atoms with Gasteiger partial charge < -0.3 is 0 Å². The second-order valence-electron chi connectivity index (χ2n) is 5.48.